The molecule has 1 fully saturated rings. The second-order valence-electron chi connectivity index (χ2n) is 7.09. The Hall–Kier alpha value is -3.53. The molecule has 0 spiro atoms. The Balaban J connectivity index is 1.46. The third-order valence-electron chi connectivity index (χ3n) is 5.16. The summed E-state index contributed by atoms with van der Waals surface area (Å²) in [5.41, 5.74) is 1.28. The molecule has 4 heterocycles. The summed E-state index contributed by atoms with van der Waals surface area (Å²) in [6.45, 7) is 0.803. The molecule has 4 aromatic rings. The Bertz CT molecular complexity index is 1260. The molecule has 1 aliphatic rings. The van der Waals surface area contributed by atoms with E-state index in [0.717, 1.165) is 25.1 Å². The van der Waals surface area contributed by atoms with Gasteiger partial charge in [0, 0.05) is 36.4 Å². The molecule has 0 amide bonds. The van der Waals surface area contributed by atoms with Crippen LogP contribution in [0.2, 0.25) is 5.02 Å². The van der Waals surface area contributed by atoms with Crippen molar-refractivity contribution in [1.29, 1.82) is 0 Å². The molecule has 152 valence electrons. The first-order valence-electron chi connectivity index (χ1n) is 9.51. The fraction of sp³-hybridized carbons (Fsp3) is 0.263. The van der Waals surface area contributed by atoms with Crippen molar-refractivity contribution in [3.63, 3.8) is 0 Å². The summed E-state index contributed by atoms with van der Waals surface area (Å²) < 4.78 is 1.88. The highest BCUT2D eigenvalue weighted by Gasteiger charge is 2.33. The zero-order valence-electron chi connectivity index (χ0n) is 16.1. The minimum absolute atomic E-state index is 0.0622. The molecule has 0 aliphatic carbocycles. The number of tetrazole rings is 1. The highest BCUT2D eigenvalue weighted by atomic mass is 35.5. The van der Waals surface area contributed by atoms with Crippen molar-refractivity contribution in [3.8, 4) is 17.1 Å². The van der Waals surface area contributed by atoms with Gasteiger partial charge in [0.05, 0.1) is 11.7 Å². The Morgan fingerprint density at radius 2 is 2.07 bits per heavy atom. The van der Waals surface area contributed by atoms with E-state index in [9.17, 15) is 4.79 Å². The molecule has 0 bridgehead atoms. The number of hydrogen-bond acceptors (Lipinski definition) is 7. The number of nitrogens with one attached hydrogen (secondary N) is 1. The number of benzene rings is 1. The zero-order valence-corrected chi connectivity index (χ0v) is 16.9. The topological polar surface area (TPSA) is 110 Å². The van der Waals surface area contributed by atoms with E-state index in [4.69, 9.17) is 11.6 Å². The van der Waals surface area contributed by atoms with Crippen molar-refractivity contribution in [3.05, 3.63) is 63.8 Å². The van der Waals surface area contributed by atoms with E-state index in [1.165, 1.54) is 10.9 Å². The van der Waals surface area contributed by atoms with Gasteiger partial charge >= 0.3 is 0 Å². The quantitative estimate of drug-likeness (QED) is 0.535. The molecule has 0 radical (unpaired) electrons. The average molecular weight is 424 g/mol. The van der Waals surface area contributed by atoms with Gasteiger partial charge in [0.25, 0.3) is 0 Å². The van der Waals surface area contributed by atoms with E-state index in [1.807, 2.05) is 23.7 Å². The van der Waals surface area contributed by atoms with E-state index < -0.39 is 0 Å². The zero-order chi connectivity index (χ0) is 20.7. The lowest BCUT2D eigenvalue weighted by atomic mass is 10.2. The van der Waals surface area contributed by atoms with Gasteiger partial charge in [-0.05, 0) is 42.3 Å². The minimum atomic E-state index is -0.182. The van der Waals surface area contributed by atoms with Crippen LogP contribution < -0.4 is 10.5 Å². The predicted molar refractivity (Wildman–Crippen MR) is 111 cm³/mol. The second-order valence-corrected chi connectivity index (χ2v) is 7.53. The van der Waals surface area contributed by atoms with Crippen LogP contribution in [0.15, 0.2) is 47.4 Å². The van der Waals surface area contributed by atoms with Crippen LogP contribution in [0.5, 0.6) is 0 Å². The van der Waals surface area contributed by atoms with Gasteiger partial charge in [-0.2, -0.15) is 0 Å². The molecule has 1 saturated heterocycles. The number of rotatable bonds is 4. The number of aromatic amines is 1. The highest BCUT2D eigenvalue weighted by molar-refractivity contribution is 6.30. The minimum Gasteiger partial charge on any atom is -0.330 e. The molecular formula is C19H18ClN9O. The summed E-state index contributed by atoms with van der Waals surface area (Å²) in [6.07, 6.45) is 3.46. The summed E-state index contributed by atoms with van der Waals surface area (Å²) >= 11 is 6.07. The first-order valence-corrected chi connectivity index (χ1v) is 9.89. The fourth-order valence-corrected chi connectivity index (χ4v) is 3.93. The van der Waals surface area contributed by atoms with Gasteiger partial charge in [-0.1, -0.05) is 17.7 Å². The van der Waals surface area contributed by atoms with Crippen LogP contribution in [0.4, 0.5) is 5.95 Å². The molecule has 1 aromatic carbocycles. The summed E-state index contributed by atoms with van der Waals surface area (Å²) in [5, 5.41) is 22.3. The molecule has 0 saturated carbocycles. The monoisotopic (exact) mass is 423 g/mol. The second kappa shape index (κ2) is 7.38. The third kappa shape index (κ3) is 3.24. The largest absolute Gasteiger partial charge is 0.330 e. The molecule has 1 aliphatic heterocycles. The van der Waals surface area contributed by atoms with Crippen molar-refractivity contribution >= 4 is 17.5 Å². The summed E-state index contributed by atoms with van der Waals surface area (Å²) in [5.74, 6) is 1.94. The molecule has 11 heteroatoms. The predicted octanol–water partition coefficient (Wildman–Crippen LogP) is 2.14. The van der Waals surface area contributed by atoms with Gasteiger partial charge in [-0.15, -0.1) is 25.2 Å². The van der Waals surface area contributed by atoms with Gasteiger partial charge < -0.3 is 9.88 Å². The first-order chi connectivity index (χ1) is 14.6. The summed E-state index contributed by atoms with van der Waals surface area (Å²) in [4.78, 5) is 17.9. The number of nitrogens with zero attached hydrogens (tertiary/aromatic N) is 8. The number of aromatic nitrogens is 8. The van der Waals surface area contributed by atoms with Gasteiger partial charge in [0.15, 0.2) is 11.6 Å². The van der Waals surface area contributed by atoms with E-state index in [2.05, 4.69) is 35.5 Å². The normalized spacial score (nSPS) is 16.3. The molecule has 10 nitrogen and oxygen atoms in total. The van der Waals surface area contributed by atoms with Crippen LogP contribution in [-0.4, -0.2) is 46.5 Å². The smallest absolute Gasteiger partial charge is 0.248 e. The van der Waals surface area contributed by atoms with E-state index in [-0.39, 0.29) is 11.6 Å². The Kier molecular flexibility index (Phi) is 4.55. The van der Waals surface area contributed by atoms with Crippen molar-refractivity contribution in [2.45, 2.75) is 18.9 Å². The van der Waals surface area contributed by atoms with Crippen LogP contribution in [0.3, 0.4) is 0 Å². The van der Waals surface area contributed by atoms with E-state index in [1.54, 1.807) is 24.4 Å². The number of pyridine rings is 1. The fourth-order valence-electron chi connectivity index (χ4n) is 3.75. The van der Waals surface area contributed by atoms with E-state index in [0.29, 0.717) is 28.2 Å². The van der Waals surface area contributed by atoms with Crippen LogP contribution in [0.25, 0.3) is 17.1 Å². The van der Waals surface area contributed by atoms with Crippen molar-refractivity contribution in [1.82, 2.24) is 40.0 Å². The van der Waals surface area contributed by atoms with Gasteiger partial charge in [0.1, 0.15) is 0 Å². The van der Waals surface area contributed by atoms with Crippen molar-refractivity contribution in [2.24, 2.45) is 7.05 Å². The lowest BCUT2D eigenvalue weighted by Gasteiger charge is -2.22. The Morgan fingerprint density at radius 3 is 2.90 bits per heavy atom. The average Bonchev–Trinajstić information content (AvgIpc) is 3.47. The lowest BCUT2D eigenvalue weighted by Crippen LogP contribution is -2.26. The standard InChI is InChI=1S/C19H18ClN9O/c1-27-18(12-7-8-21-16(30)10-12)23-24-19(27)28-9-3-6-15(28)17-22-26-29(25-17)14-5-2-4-13(20)11-14/h2,4-5,7-8,10-11,15H,3,6,9H2,1H3,(H,21,30). The molecule has 5 rings (SSSR count). The highest BCUT2D eigenvalue weighted by Crippen LogP contribution is 2.34. The summed E-state index contributed by atoms with van der Waals surface area (Å²) in [6, 6.07) is 10.6. The SMILES string of the molecule is Cn1c(-c2cc[nH]c(=O)c2)nnc1N1CCCC1c1nnn(-c2cccc(Cl)c2)n1. The Labute approximate surface area is 176 Å². The number of H-pyrrole nitrogens is 1. The molecular weight excluding hydrogens is 406 g/mol. The van der Waals surface area contributed by atoms with E-state index >= 15 is 0 Å². The molecule has 30 heavy (non-hydrogen) atoms. The van der Waals surface area contributed by atoms with Gasteiger partial charge in [-0.25, -0.2) is 0 Å². The van der Waals surface area contributed by atoms with Crippen LogP contribution >= 0.6 is 11.6 Å². The van der Waals surface area contributed by atoms with Crippen LogP contribution in [-0.2, 0) is 7.05 Å². The summed E-state index contributed by atoms with van der Waals surface area (Å²) in [7, 11) is 1.89. The molecule has 3 aromatic heterocycles. The number of hydrogen-bond donors (Lipinski definition) is 1. The number of halogens is 1. The number of anilines is 1. The van der Waals surface area contributed by atoms with Crippen molar-refractivity contribution < 1.29 is 0 Å². The molecule has 1 atom stereocenters. The van der Waals surface area contributed by atoms with Crippen molar-refractivity contribution in [2.75, 3.05) is 11.4 Å². The maximum atomic E-state index is 11.7. The van der Waals surface area contributed by atoms with Gasteiger partial charge in [0.2, 0.25) is 11.5 Å². The first kappa shape index (κ1) is 18.5. The maximum absolute atomic E-state index is 11.7. The van der Waals surface area contributed by atoms with Crippen LogP contribution in [0.1, 0.15) is 24.7 Å². The lowest BCUT2D eigenvalue weighted by molar-refractivity contribution is 0.639. The Morgan fingerprint density at radius 1 is 1.17 bits per heavy atom. The van der Waals surface area contributed by atoms with Gasteiger partial charge in [-0.3, -0.25) is 9.36 Å². The maximum Gasteiger partial charge on any atom is 0.248 e. The molecule has 1 unspecified atom stereocenters. The van der Waals surface area contributed by atoms with Crippen LogP contribution in [0, 0.1) is 0 Å². The third-order valence-corrected chi connectivity index (χ3v) is 5.40. The molecule has 1 N–H and O–H groups in total.